The van der Waals surface area contributed by atoms with Crippen LogP contribution in [0.15, 0.2) is 24.3 Å². The molecule has 1 atom stereocenters. The molecule has 2 amide bonds. The Balaban J connectivity index is 2.44. The summed E-state index contributed by atoms with van der Waals surface area (Å²) in [6.07, 6.45) is -6.27. The largest absolute Gasteiger partial charge is 0.482 e. The van der Waals surface area contributed by atoms with Crippen LogP contribution in [-0.2, 0) is 9.59 Å². The second-order valence-corrected chi connectivity index (χ2v) is 4.94. The van der Waals surface area contributed by atoms with E-state index in [0.717, 1.165) is 0 Å². The fraction of sp³-hybridized carbons (Fsp3) is 0.357. The van der Waals surface area contributed by atoms with E-state index in [9.17, 15) is 22.8 Å². The lowest BCUT2D eigenvalue weighted by Gasteiger charge is -2.25. The molecule has 24 heavy (non-hydrogen) atoms. The van der Waals surface area contributed by atoms with Gasteiger partial charge in [-0.2, -0.15) is 18.4 Å². The van der Waals surface area contributed by atoms with Crippen molar-refractivity contribution in [2.75, 3.05) is 6.61 Å². The molecule has 0 spiro atoms. The Morgan fingerprint density at radius 1 is 1.25 bits per heavy atom. The maximum Gasteiger partial charge on any atom is 0.417 e. The van der Waals surface area contributed by atoms with Gasteiger partial charge in [0.15, 0.2) is 12.2 Å². The molecule has 0 aliphatic rings. The Labute approximate surface area is 135 Å². The second kappa shape index (κ2) is 7.65. The molecule has 10 heteroatoms. The number of hydrogen-bond acceptors (Lipinski definition) is 5. The van der Waals surface area contributed by atoms with Crippen LogP contribution in [0.4, 0.5) is 13.2 Å². The van der Waals surface area contributed by atoms with Crippen LogP contribution in [0.2, 0.25) is 0 Å². The molecular weight excluding hydrogens is 331 g/mol. The van der Waals surface area contributed by atoms with E-state index >= 15 is 0 Å². The predicted octanol–water partition coefficient (Wildman–Crippen LogP) is 0.788. The van der Waals surface area contributed by atoms with Gasteiger partial charge in [-0.3, -0.25) is 20.4 Å². The van der Waals surface area contributed by atoms with Gasteiger partial charge in [0.05, 0.1) is 12.0 Å². The van der Waals surface area contributed by atoms with Crippen molar-refractivity contribution in [2.24, 2.45) is 0 Å². The minimum atomic E-state index is -4.99. The standard InChI is InChI=1S/C14H14F3N3O4/c1-13(23,14(15,16)17)6-11(21)19-20-12(22)8-24-10-5-3-2-4-9(10)7-18/h2-5,23H,6,8H2,1H3,(H,19,21)(H,20,22)/t13-/m1/s1. The zero-order valence-corrected chi connectivity index (χ0v) is 12.5. The minimum absolute atomic E-state index is 0.140. The van der Waals surface area contributed by atoms with Crippen LogP contribution in [0.1, 0.15) is 18.9 Å². The lowest BCUT2D eigenvalue weighted by atomic mass is 10.0. The van der Waals surface area contributed by atoms with Gasteiger partial charge in [-0.15, -0.1) is 0 Å². The third-order valence-corrected chi connectivity index (χ3v) is 2.82. The lowest BCUT2D eigenvalue weighted by molar-refractivity contribution is -0.253. The third kappa shape index (κ3) is 5.44. The van der Waals surface area contributed by atoms with Crippen molar-refractivity contribution in [1.82, 2.24) is 10.9 Å². The summed E-state index contributed by atoms with van der Waals surface area (Å²) in [6.45, 7) is -0.134. The summed E-state index contributed by atoms with van der Waals surface area (Å²) in [7, 11) is 0. The minimum Gasteiger partial charge on any atom is -0.482 e. The van der Waals surface area contributed by atoms with E-state index in [1.807, 2.05) is 11.5 Å². The van der Waals surface area contributed by atoms with Crippen molar-refractivity contribution in [1.29, 1.82) is 5.26 Å². The Bertz CT molecular complexity index is 653. The fourth-order valence-electron chi connectivity index (χ4n) is 1.46. The number of alkyl halides is 3. The molecule has 130 valence electrons. The van der Waals surface area contributed by atoms with E-state index in [-0.39, 0.29) is 11.3 Å². The van der Waals surface area contributed by atoms with E-state index in [0.29, 0.717) is 6.92 Å². The lowest BCUT2D eigenvalue weighted by Crippen LogP contribution is -2.50. The first-order valence-electron chi connectivity index (χ1n) is 6.55. The summed E-state index contributed by atoms with van der Waals surface area (Å²) in [4.78, 5) is 22.8. The normalized spacial score (nSPS) is 13.3. The number of nitrogens with zero attached hydrogens (tertiary/aromatic N) is 1. The Hall–Kier alpha value is -2.80. The Morgan fingerprint density at radius 3 is 2.42 bits per heavy atom. The molecule has 0 aromatic heterocycles. The molecular formula is C14H14F3N3O4. The first kappa shape index (κ1) is 19.2. The number of benzene rings is 1. The van der Waals surface area contributed by atoms with Gasteiger partial charge in [-0.25, -0.2) is 0 Å². The zero-order valence-electron chi connectivity index (χ0n) is 12.5. The van der Waals surface area contributed by atoms with Gasteiger partial charge in [0, 0.05) is 0 Å². The molecule has 0 bridgehead atoms. The quantitative estimate of drug-likeness (QED) is 0.683. The van der Waals surface area contributed by atoms with Crippen LogP contribution < -0.4 is 15.6 Å². The van der Waals surface area contributed by atoms with Gasteiger partial charge in [-0.05, 0) is 19.1 Å². The predicted molar refractivity (Wildman–Crippen MR) is 74.2 cm³/mol. The number of carbonyl (C=O) groups excluding carboxylic acids is 2. The maximum absolute atomic E-state index is 12.4. The van der Waals surface area contributed by atoms with Gasteiger partial charge in [0.1, 0.15) is 11.8 Å². The first-order chi connectivity index (χ1) is 11.1. The van der Waals surface area contributed by atoms with Crippen LogP contribution in [0.3, 0.4) is 0 Å². The number of nitrogens with one attached hydrogen (secondary N) is 2. The molecule has 0 fully saturated rings. The molecule has 7 nitrogen and oxygen atoms in total. The molecule has 0 radical (unpaired) electrons. The highest BCUT2D eigenvalue weighted by Gasteiger charge is 2.51. The van der Waals surface area contributed by atoms with Crippen molar-refractivity contribution in [3.63, 3.8) is 0 Å². The molecule has 0 heterocycles. The van der Waals surface area contributed by atoms with Crippen molar-refractivity contribution in [2.45, 2.75) is 25.1 Å². The smallest absolute Gasteiger partial charge is 0.417 e. The van der Waals surface area contributed by atoms with Crippen LogP contribution in [0.5, 0.6) is 5.75 Å². The second-order valence-electron chi connectivity index (χ2n) is 4.94. The van der Waals surface area contributed by atoms with Crippen LogP contribution in [0, 0.1) is 11.3 Å². The fourth-order valence-corrected chi connectivity index (χ4v) is 1.46. The molecule has 0 saturated heterocycles. The Kier molecular flexibility index (Phi) is 6.13. The molecule has 1 aromatic carbocycles. The number of hydrogen-bond donors (Lipinski definition) is 3. The summed E-state index contributed by atoms with van der Waals surface area (Å²) >= 11 is 0. The number of rotatable bonds is 5. The summed E-state index contributed by atoms with van der Waals surface area (Å²) in [5.41, 5.74) is 0.543. The summed E-state index contributed by atoms with van der Waals surface area (Å²) in [6, 6.07) is 7.94. The first-order valence-corrected chi connectivity index (χ1v) is 6.55. The Morgan fingerprint density at radius 2 is 1.83 bits per heavy atom. The number of carbonyl (C=O) groups is 2. The van der Waals surface area contributed by atoms with Gasteiger partial charge < -0.3 is 9.84 Å². The van der Waals surface area contributed by atoms with E-state index in [1.165, 1.54) is 12.1 Å². The molecule has 0 saturated carbocycles. The van der Waals surface area contributed by atoms with Crippen molar-refractivity contribution >= 4 is 11.8 Å². The molecule has 3 N–H and O–H groups in total. The monoisotopic (exact) mass is 345 g/mol. The molecule has 0 aliphatic carbocycles. The molecule has 0 aliphatic heterocycles. The number of aliphatic hydroxyl groups is 1. The van der Waals surface area contributed by atoms with E-state index < -0.39 is 36.6 Å². The summed E-state index contributed by atoms with van der Waals surface area (Å²) < 4.78 is 42.3. The van der Waals surface area contributed by atoms with Crippen molar-refractivity contribution in [3.05, 3.63) is 29.8 Å². The average molecular weight is 345 g/mol. The number of nitriles is 1. The number of hydrazine groups is 1. The van der Waals surface area contributed by atoms with Crippen LogP contribution >= 0.6 is 0 Å². The van der Waals surface area contributed by atoms with Crippen molar-refractivity contribution < 1.29 is 32.6 Å². The number of para-hydroxylation sites is 1. The maximum atomic E-state index is 12.4. The highest BCUT2D eigenvalue weighted by atomic mass is 19.4. The molecule has 1 rings (SSSR count). The highest BCUT2D eigenvalue weighted by molar-refractivity contribution is 5.83. The van der Waals surface area contributed by atoms with Gasteiger partial charge in [0.25, 0.3) is 5.91 Å². The number of ether oxygens (including phenoxy) is 1. The highest BCUT2D eigenvalue weighted by Crippen LogP contribution is 2.32. The van der Waals surface area contributed by atoms with E-state index in [2.05, 4.69) is 0 Å². The third-order valence-electron chi connectivity index (χ3n) is 2.82. The summed E-state index contributed by atoms with van der Waals surface area (Å²) in [5.74, 6) is -1.95. The SMILES string of the molecule is C[C@@](O)(CC(=O)NNC(=O)COc1ccccc1C#N)C(F)(F)F. The van der Waals surface area contributed by atoms with Gasteiger partial charge in [0.2, 0.25) is 5.91 Å². The van der Waals surface area contributed by atoms with Gasteiger partial charge >= 0.3 is 6.18 Å². The van der Waals surface area contributed by atoms with Crippen LogP contribution in [-0.4, -0.2) is 35.3 Å². The van der Waals surface area contributed by atoms with Gasteiger partial charge in [-0.1, -0.05) is 12.1 Å². The zero-order chi connectivity index (χ0) is 18.4. The topological polar surface area (TPSA) is 111 Å². The van der Waals surface area contributed by atoms with Crippen molar-refractivity contribution in [3.8, 4) is 11.8 Å². The van der Waals surface area contributed by atoms with E-state index in [1.54, 1.807) is 17.6 Å². The molecule has 0 unspecified atom stereocenters. The van der Waals surface area contributed by atoms with E-state index in [4.69, 9.17) is 15.1 Å². The number of amides is 2. The van der Waals surface area contributed by atoms with Crippen LogP contribution in [0.25, 0.3) is 0 Å². The molecule has 1 aromatic rings. The number of halogens is 3. The average Bonchev–Trinajstić information content (AvgIpc) is 2.49. The summed E-state index contributed by atoms with van der Waals surface area (Å²) in [5, 5.41) is 18.0.